The first-order chi connectivity index (χ1) is 14.8. The number of aromatic nitrogens is 2. The van der Waals surface area contributed by atoms with Gasteiger partial charge in [0, 0.05) is 0 Å². The molecule has 2 aromatic carbocycles. The van der Waals surface area contributed by atoms with E-state index in [0.717, 1.165) is 34.5 Å². The molecule has 2 N–H and O–H groups in total. The van der Waals surface area contributed by atoms with E-state index < -0.39 is 11.7 Å². The Morgan fingerprint density at radius 3 is 2.65 bits per heavy atom. The SMILES string of the molecule is O=C1Cc2cc(-c3cncc(NC[C@@H]([As])Cc4ccc(C(F)(F)F)cc4)n3)ccc2N1. The van der Waals surface area contributed by atoms with Gasteiger partial charge in [0.1, 0.15) is 0 Å². The zero-order chi connectivity index (χ0) is 22.0. The Hall–Kier alpha value is -2.86. The minimum absolute atomic E-state index is 0.0196. The van der Waals surface area contributed by atoms with Gasteiger partial charge in [0.2, 0.25) is 0 Å². The Morgan fingerprint density at radius 2 is 1.90 bits per heavy atom. The van der Waals surface area contributed by atoms with Crippen LogP contribution in [0.2, 0.25) is 4.71 Å². The van der Waals surface area contributed by atoms with E-state index in [1.807, 2.05) is 18.2 Å². The number of benzene rings is 2. The van der Waals surface area contributed by atoms with Gasteiger partial charge in [0.25, 0.3) is 0 Å². The molecule has 5 nitrogen and oxygen atoms in total. The van der Waals surface area contributed by atoms with Crippen molar-refractivity contribution in [2.45, 2.75) is 23.7 Å². The standard InChI is InChI=1S/C22H18AsF3N4O/c23-17(7-13-1-4-16(5-2-13)22(24,25)26)10-28-20-12-27-11-19(29-20)14-3-6-18-15(8-14)9-21(31)30-18/h1-6,8,11-12,17H,7,9-10H2,(H,28,29)(H,30,31)/t17-/m0/s1. The summed E-state index contributed by atoms with van der Waals surface area (Å²) in [4.78, 5) is 20.4. The van der Waals surface area contributed by atoms with E-state index in [9.17, 15) is 18.0 Å². The molecule has 1 aliphatic rings. The summed E-state index contributed by atoms with van der Waals surface area (Å²) in [6, 6.07) is 10.9. The minimum atomic E-state index is -4.32. The molecule has 1 aliphatic heterocycles. The van der Waals surface area contributed by atoms with Crippen LogP contribution in [0.15, 0.2) is 54.9 Å². The molecule has 9 heteroatoms. The van der Waals surface area contributed by atoms with Gasteiger partial charge in [-0.25, -0.2) is 0 Å². The summed E-state index contributed by atoms with van der Waals surface area (Å²) >= 11 is 2.53. The molecule has 3 aromatic rings. The molecule has 1 aromatic heterocycles. The van der Waals surface area contributed by atoms with Crippen LogP contribution in [0.25, 0.3) is 11.3 Å². The van der Waals surface area contributed by atoms with Crippen LogP contribution in [0.3, 0.4) is 0 Å². The van der Waals surface area contributed by atoms with Crippen LogP contribution in [-0.2, 0) is 23.8 Å². The van der Waals surface area contributed by atoms with E-state index >= 15 is 0 Å². The number of alkyl halides is 3. The first kappa shape index (κ1) is 21.4. The molecule has 0 saturated carbocycles. The number of anilines is 2. The van der Waals surface area contributed by atoms with Gasteiger partial charge in [-0.1, -0.05) is 0 Å². The molecular weight excluding hydrogens is 468 g/mol. The Bertz CT molecular complexity index is 1100. The van der Waals surface area contributed by atoms with Gasteiger partial charge < -0.3 is 0 Å². The maximum atomic E-state index is 12.7. The number of carbonyl (C=O) groups excluding carboxylic acids is 1. The molecule has 0 fully saturated rings. The summed E-state index contributed by atoms with van der Waals surface area (Å²) in [7, 11) is 0. The number of rotatable bonds is 6. The van der Waals surface area contributed by atoms with Crippen molar-refractivity contribution in [3.05, 3.63) is 71.5 Å². The fraction of sp³-hybridized carbons (Fsp3) is 0.227. The van der Waals surface area contributed by atoms with Gasteiger partial charge in [-0.05, 0) is 0 Å². The van der Waals surface area contributed by atoms with Gasteiger partial charge in [0.05, 0.1) is 0 Å². The quantitative estimate of drug-likeness (QED) is 0.511. The summed E-state index contributed by atoms with van der Waals surface area (Å²) in [6.07, 6.45) is -0.0625. The van der Waals surface area contributed by atoms with E-state index in [-0.39, 0.29) is 10.6 Å². The summed E-state index contributed by atoms with van der Waals surface area (Å²) in [5.74, 6) is 0.587. The van der Waals surface area contributed by atoms with E-state index in [4.69, 9.17) is 0 Å². The molecule has 2 radical (unpaired) electrons. The van der Waals surface area contributed by atoms with E-state index in [0.29, 0.717) is 30.9 Å². The molecule has 0 aliphatic carbocycles. The maximum absolute atomic E-state index is 12.7. The first-order valence-electron chi connectivity index (χ1n) is 9.61. The second-order valence-corrected chi connectivity index (χ2v) is 8.85. The van der Waals surface area contributed by atoms with Crippen LogP contribution in [0.1, 0.15) is 16.7 Å². The molecule has 4 rings (SSSR count). The molecule has 0 bridgehead atoms. The number of carbonyl (C=O) groups is 1. The Balaban J connectivity index is 1.37. The second-order valence-electron chi connectivity index (χ2n) is 7.32. The van der Waals surface area contributed by atoms with Crippen molar-refractivity contribution in [3.8, 4) is 11.3 Å². The Kier molecular flexibility index (Phi) is 6.01. The third-order valence-electron chi connectivity index (χ3n) is 4.93. The number of halogens is 3. The van der Waals surface area contributed by atoms with Crippen molar-refractivity contribution in [3.63, 3.8) is 0 Å². The number of amides is 1. The number of nitrogens with zero attached hydrogens (tertiary/aromatic N) is 2. The average Bonchev–Trinajstić information content (AvgIpc) is 3.11. The zero-order valence-corrected chi connectivity index (χ0v) is 18.2. The van der Waals surface area contributed by atoms with Gasteiger partial charge in [-0.3, -0.25) is 0 Å². The Morgan fingerprint density at radius 1 is 1.13 bits per heavy atom. The molecule has 2 heterocycles. The third-order valence-corrected chi connectivity index (χ3v) is 5.70. The first-order valence-corrected chi connectivity index (χ1v) is 10.7. The van der Waals surface area contributed by atoms with Crippen molar-refractivity contribution < 1.29 is 18.0 Å². The number of hydrogen-bond acceptors (Lipinski definition) is 4. The summed E-state index contributed by atoms with van der Waals surface area (Å²) in [5, 5.41) is 6.04. The number of fused-ring (bicyclic) bond motifs is 1. The summed E-state index contributed by atoms with van der Waals surface area (Å²) in [6.45, 7) is 0.571. The van der Waals surface area contributed by atoms with Gasteiger partial charge >= 0.3 is 186 Å². The molecule has 0 spiro atoms. The van der Waals surface area contributed by atoms with Crippen LogP contribution < -0.4 is 10.6 Å². The van der Waals surface area contributed by atoms with E-state index in [1.165, 1.54) is 12.1 Å². The predicted molar refractivity (Wildman–Crippen MR) is 113 cm³/mol. The van der Waals surface area contributed by atoms with Gasteiger partial charge in [-0.15, -0.1) is 0 Å². The second kappa shape index (κ2) is 8.71. The zero-order valence-electron chi connectivity index (χ0n) is 16.3. The van der Waals surface area contributed by atoms with Crippen molar-refractivity contribution in [1.82, 2.24) is 9.97 Å². The summed E-state index contributed by atoms with van der Waals surface area (Å²) < 4.78 is 38.2. The van der Waals surface area contributed by atoms with E-state index in [1.54, 1.807) is 12.4 Å². The average molecular weight is 486 g/mol. The van der Waals surface area contributed by atoms with Gasteiger partial charge in [-0.2, -0.15) is 0 Å². The predicted octanol–water partition coefficient (Wildman–Crippen LogP) is 4.27. The van der Waals surface area contributed by atoms with Crippen LogP contribution in [0, 0.1) is 0 Å². The molecular formula is C22H18AsF3N4O. The number of hydrogen-bond donors (Lipinski definition) is 2. The van der Waals surface area contributed by atoms with Crippen LogP contribution >= 0.6 is 0 Å². The van der Waals surface area contributed by atoms with Crippen LogP contribution in [-0.4, -0.2) is 39.3 Å². The monoisotopic (exact) mass is 486 g/mol. The van der Waals surface area contributed by atoms with Crippen LogP contribution in [0.5, 0.6) is 0 Å². The Labute approximate surface area is 186 Å². The fourth-order valence-corrected chi connectivity index (χ4v) is 4.01. The number of nitrogens with one attached hydrogen (secondary N) is 2. The topological polar surface area (TPSA) is 66.9 Å². The normalized spacial score (nSPS) is 14.1. The molecule has 31 heavy (non-hydrogen) atoms. The molecule has 0 unspecified atom stereocenters. The fourth-order valence-electron chi connectivity index (χ4n) is 3.38. The van der Waals surface area contributed by atoms with Crippen molar-refractivity contribution in [2.24, 2.45) is 0 Å². The van der Waals surface area contributed by atoms with Crippen molar-refractivity contribution >= 4 is 34.3 Å². The van der Waals surface area contributed by atoms with Crippen molar-refractivity contribution in [2.75, 3.05) is 17.2 Å². The molecule has 1 atom stereocenters. The molecule has 0 saturated heterocycles. The van der Waals surface area contributed by atoms with Crippen LogP contribution in [0.4, 0.5) is 24.7 Å². The van der Waals surface area contributed by atoms with Gasteiger partial charge in [0.15, 0.2) is 0 Å². The summed E-state index contributed by atoms with van der Waals surface area (Å²) in [5.41, 5.74) is 3.52. The van der Waals surface area contributed by atoms with Crippen molar-refractivity contribution in [1.29, 1.82) is 0 Å². The molecule has 158 valence electrons. The third kappa shape index (κ3) is 5.25. The van der Waals surface area contributed by atoms with E-state index in [2.05, 4.69) is 37.5 Å². The molecule has 1 amide bonds.